The van der Waals surface area contributed by atoms with E-state index in [-0.39, 0.29) is 0 Å². The van der Waals surface area contributed by atoms with Crippen molar-refractivity contribution in [1.29, 1.82) is 0 Å². The van der Waals surface area contributed by atoms with E-state index in [1.165, 1.54) is 0 Å². The number of aliphatic hydroxyl groups excluding tert-OH is 1. The maximum Gasteiger partial charge on any atom is 0.345 e. The molecule has 0 aliphatic heterocycles. The molecule has 0 fully saturated rings. The van der Waals surface area contributed by atoms with Gasteiger partial charge in [-0.15, -0.1) is 0 Å². The Morgan fingerprint density at radius 3 is 2.09 bits per heavy atom. The molecular formula is C5H10N2O4. The third kappa shape index (κ3) is 3.66. The Kier molecular flexibility index (Phi) is 3.66. The zero-order chi connectivity index (χ0) is 9.02. The molecule has 0 heterocycles. The molecule has 11 heavy (non-hydrogen) atoms. The molecule has 0 saturated carbocycles. The lowest BCUT2D eigenvalue weighted by molar-refractivity contribution is -0.166. The molecule has 0 aliphatic rings. The third-order valence-electron chi connectivity index (χ3n) is 0.814. The fourth-order valence-corrected chi connectivity index (χ4v) is 0.252. The van der Waals surface area contributed by atoms with Crippen molar-refractivity contribution in [3.63, 3.8) is 0 Å². The molecular weight excluding hydrogens is 152 g/mol. The van der Waals surface area contributed by atoms with E-state index in [4.69, 9.17) is 16.6 Å². The van der Waals surface area contributed by atoms with Crippen LogP contribution in [0.3, 0.4) is 0 Å². The number of esters is 2. The molecule has 6 heteroatoms. The Hall–Kier alpha value is -0.980. The summed E-state index contributed by atoms with van der Waals surface area (Å²) in [5.74, 6) is -2.12. The third-order valence-corrected chi connectivity index (χ3v) is 0.814. The van der Waals surface area contributed by atoms with Gasteiger partial charge in [-0.3, -0.25) is 0 Å². The van der Waals surface area contributed by atoms with Crippen molar-refractivity contribution in [2.75, 3.05) is 0 Å². The maximum absolute atomic E-state index is 10.5. The molecule has 1 unspecified atom stereocenters. The average Bonchev–Trinajstić information content (AvgIpc) is 1.87. The highest BCUT2D eigenvalue weighted by atomic mass is 16.6. The number of hydrogen-bond donors (Lipinski definition) is 3. The first-order chi connectivity index (χ1) is 4.95. The van der Waals surface area contributed by atoms with Crippen molar-refractivity contribution < 1.29 is 19.4 Å². The number of carbonyl (C=O) groups is 2. The number of carbonyl (C=O) groups excluding carboxylic acids is 2. The number of rotatable bonds is 2. The number of hydrogen-bond acceptors (Lipinski definition) is 6. The summed E-state index contributed by atoms with van der Waals surface area (Å²) in [7, 11) is 0. The molecule has 1 atom stereocenters. The van der Waals surface area contributed by atoms with Crippen LogP contribution >= 0.6 is 0 Å². The van der Waals surface area contributed by atoms with Crippen LogP contribution in [0.15, 0.2) is 0 Å². The smallest absolute Gasteiger partial charge is 0.345 e. The van der Waals surface area contributed by atoms with E-state index in [0.29, 0.717) is 0 Å². The fraction of sp³-hybridized carbons (Fsp3) is 0.600. The topological polar surface area (TPSA) is 116 Å². The first-order valence-corrected chi connectivity index (χ1v) is 2.90. The number of nitrogens with two attached hydrogens (primary N) is 2. The van der Waals surface area contributed by atoms with Gasteiger partial charge in [-0.05, 0) is 6.92 Å². The second kappa shape index (κ2) is 4.02. The van der Waals surface area contributed by atoms with E-state index in [0.717, 1.165) is 6.92 Å². The van der Waals surface area contributed by atoms with Crippen LogP contribution in [-0.4, -0.2) is 29.3 Å². The number of aliphatic hydroxyl groups is 1. The largest absolute Gasteiger partial charge is 0.389 e. The second-order valence-corrected chi connectivity index (χ2v) is 1.94. The first kappa shape index (κ1) is 10.0. The van der Waals surface area contributed by atoms with Crippen LogP contribution in [-0.2, 0) is 14.3 Å². The van der Waals surface area contributed by atoms with Crippen LogP contribution in [0.4, 0.5) is 0 Å². The second-order valence-electron chi connectivity index (χ2n) is 1.94. The van der Waals surface area contributed by atoms with Crippen molar-refractivity contribution in [3.05, 3.63) is 0 Å². The van der Waals surface area contributed by atoms with Gasteiger partial charge in [0.05, 0.1) is 0 Å². The quantitative estimate of drug-likeness (QED) is 0.238. The summed E-state index contributed by atoms with van der Waals surface area (Å²) in [6, 6.07) is 0. The normalized spacial score (nSPS) is 12.8. The predicted octanol–water partition coefficient (Wildman–Crippen LogP) is -2.32. The summed E-state index contributed by atoms with van der Waals surface area (Å²) in [6.45, 7) is 1.16. The molecule has 0 aromatic rings. The van der Waals surface area contributed by atoms with Crippen molar-refractivity contribution >= 4 is 11.9 Å². The zero-order valence-corrected chi connectivity index (χ0v) is 5.98. The minimum atomic E-state index is -1.35. The Morgan fingerprint density at radius 2 is 1.82 bits per heavy atom. The summed E-state index contributed by atoms with van der Waals surface area (Å²) in [4.78, 5) is 20.9. The van der Waals surface area contributed by atoms with Crippen LogP contribution in [0, 0.1) is 0 Å². The average molecular weight is 162 g/mol. The van der Waals surface area contributed by atoms with Gasteiger partial charge in [0.15, 0.2) is 6.17 Å². The summed E-state index contributed by atoms with van der Waals surface area (Å²) in [6.07, 6.45) is -2.70. The van der Waals surface area contributed by atoms with E-state index < -0.39 is 24.2 Å². The lowest BCUT2D eigenvalue weighted by Gasteiger charge is -2.05. The van der Waals surface area contributed by atoms with E-state index in [9.17, 15) is 9.59 Å². The van der Waals surface area contributed by atoms with Gasteiger partial charge in [-0.1, -0.05) is 0 Å². The minimum absolute atomic E-state index is 1.06. The lowest BCUT2D eigenvalue weighted by atomic mass is 10.4. The van der Waals surface area contributed by atoms with Gasteiger partial charge in [-0.2, -0.15) is 0 Å². The molecule has 0 aliphatic carbocycles. The fourth-order valence-electron chi connectivity index (χ4n) is 0.252. The molecule has 0 bridgehead atoms. The molecule has 0 radical (unpaired) electrons. The highest BCUT2D eigenvalue weighted by molar-refractivity contribution is 5.89. The van der Waals surface area contributed by atoms with Gasteiger partial charge in [0, 0.05) is 0 Å². The molecule has 5 N–H and O–H groups in total. The predicted molar refractivity (Wildman–Crippen MR) is 34.9 cm³/mol. The Balaban J connectivity index is 3.86. The van der Waals surface area contributed by atoms with Gasteiger partial charge in [-0.25, -0.2) is 9.59 Å². The van der Waals surface area contributed by atoms with Crippen LogP contribution in [0.1, 0.15) is 6.92 Å². The summed E-state index contributed by atoms with van der Waals surface area (Å²) in [5.41, 5.74) is 9.71. The van der Waals surface area contributed by atoms with E-state index in [1.54, 1.807) is 0 Å². The van der Waals surface area contributed by atoms with E-state index >= 15 is 0 Å². The minimum Gasteiger partial charge on any atom is -0.389 e. The van der Waals surface area contributed by atoms with Crippen LogP contribution in [0.25, 0.3) is 0 Å². The highest BCUT2D eigenvalue weighted by Gasteiger charge is 2.18. The highest BCUT2D eigenvalue weighted by Crippen LogP contribution is 1.87. The van der Waals surface area contributed by atoms with Crippen LogP contribution < -0.4 is 11.5 Å². The molecule has 0 aromatic heterocycles. The van der Waals surface area contributed by atoms with E-state index in [2.05, 4.69) is 4.74 Å². The Labute approximate surface area is 63.1 Å². The molecule has 6 nitrogen and oxygen atoms in total. The summed E-state index contributed by atoms with van der Waals surface area (Å²) in [5, 5.41) is 8.54. The molecule has 0 saturated heterocycles. The Bertz CT molecular complexity index is 148. The van der Waals surface area contributed by atoms with Crippen LogP contribution in [0.5, 0.6) is 0 Å². The summed E-state index contributed by atoms with van der Waals surface area (Å²) < 4.78 is 4.00. The molecule has 0 rings (SSSR count). The van der Waals surface area contributed by atoms with Gasteiger partial charge in [0.2, 0.25) is 0 Å². The molecule has 64 valence electrons. The summed E-state index contributed by atoms with van der Waals surface area (Å²) >= 11 is 0. The van der Waals surface area contributed by atoms with Crippen molar-refractivity contribution in [3.8, 4) is 0 Å². The zero-order valence-electron chi connectivity index (χ0n) is 5.98. The maximum atomic E-state index is 10.5. The first-order valence-electron chi connectivity index (χ1n) is 2.90. The standard InChI is InChI=1S/C5H10N2O4/c1-2(8)4(9)11-5(10)3(6)7/h2-3,8H,6-7H2,1H3. The Morgan fingerprint density at radius 1 is 1.36 bits per heavy atom. The lowest BCUT2D eigenvalue weighted by Crippen LogP contribution is -2.42. The van der Waals surface area contributed by atoms with Crippen molar-refractivity contribution in [2.45, 2.75) is 19.2 Å². The van der Waals surface area contributed by atoms with E-state index in [1.807, 2.05) is 0 Å². The molecule has 0 amide bonds. The van der Waals surface area contributed by atoms with Gasteiger partial charge in [0.1, 0.15) is 6.10 Å². The molecule has 0 aromatic carbocycles. The SMILES string of the molecule is CC(O)C(=O)OC(=O)C(N)N. The number of ether oxygens (including phenoxy) is 1. The van der Waals surface area contributed by atoms with Crippen molar-refractivity contribution in [2.24, 2.45) is 11.5 Å². The van der Waals surface area contributed by atoms with Gasteiger partial charge < -0.3 is 21.3 Å². The van der Waals surface area contributed by atoms with Crippen LogP contribution in [0.2, 0.25) is 0 Å². The monoisotopic (exact) mass is 162 g/mol. The van der Waals surface area contributed by atoms with Gasteiger partial charge in [0.25, 0.3) is 0 Å². The van der Waals surface area contributed by atoms with Gasteiger partial charge >= 0.3 is 11.9 Å². The van der Waals surface area contributed by atoms with Crippen molar-refractivity contribution in [1.82, 2.24) is 0 Å². The molecule has 0 spiro atoms.